The van der Waals surface area contributed by atoms with Gasteiger partial charge in [-0.25, -0.2) is 0 Å². The van der Waals surface area contributed by atoms with Gasteiger partial charge in [0.05, 0.1) is 20.6 Å². The molecule has 0 bridgehead atoms. The Kier molecular flexibility index (Phi) is 9.59. The van der Waals surface area contributed by atoms with Gasteiger partial charge in [0.25, 0.3) is 0 Å². The van der Waals surface area contributed by atoms with Crippen molar-refractivity contribution in [2.75, 3.05) is 20.6 Å². The normalized spacial score (nSPS) is 8.57. The maximum absolute atomic E-state index is 2.20. The van der Waals surface area contributed by atoms with Crippen LogP contribution in [0.2, 0.25) is 0 Å². The van der Waals surface area contributed by atoms with Gasteiger partial charge >= 0.3 is 0 Å². The van der Waals surface area contributed by atoms with Crippen LogP contribution in [0.15, 0.2) is 0 Å². The van der Waals surface area contributed by atoms with Gasteiger partial charge in [-0.3, -0.25) is 0 Å². The fourth-order valence-corrected chi connectivity index (χ4v) is 0.500. The van der Waals surface area contributed by atoms with E-state index < -0.39 is 0 Å². The average molecular weight is 168 g/mol. The highest BCUT2D eigenvalue weighted by atomic mass is 79.9. The highest BCUT2D eigenvalue weighted by molar-refractivity contribution is 4.13. The molecule has 0 rings (SSSR count). The summed E-state index contributed by atoms with van der Waals surface area (Å²) in [7, 11) is 4.34. The van der Waals surface area contributed by atoms with Crippen LogP contribution >= 0.6 is 0 Å². The molecule has 7 heavy (non-hydrogen) atoms. The van der Waals surface area contributed by atoms with Crippen molar-refractivity contribution in [1.29, 1.82) is 0 Å². The lowest BCUT2D eigenvalue weighted by Crippen LogP contribution is -3.05. The fraction of sp³-hybridized carbons (Fsp3) is 1.00. The zero-order valence-electron chi connectivity index (χ0n) is 5.29. The van der Waals surface area contributed by atoms with Gasteiger partial charge in [-0.1, -0.05) is 6.92 Å². The smallest absolute Gasteiger partial charge is 0.0764 e. The highest BCUT2D eigenvalue weighted by Gasteiger charge is 1.83. The molecular formula is C5H14BrN. The molecule has 0 aromatic rings. The molecule has 0 radical (unpaired) electrons. The van der Waals surface area contributed by atoms with E-state index in [1.165, 1.54) is 17.9 Å². The summed E-state index contributed by atoms with van der Waals surface area (Å²) in [5.41, 5.74) is 0. The highest BCUT2D eigenvalue weighted by Crippen LogP contribution is 1.58. The lowest BCUT2D eigenvalue weighted by Gasteiger charge is -2.01. The molecule has 0 spiro atoms. The van der Waals surface area contributed by atoms with Crippen LogP contribution in [0.4, 0.5) is 0 Å². The number of quaternary nitrogens is 1. The van der Waals surface area contributed by atoms with Crippen molar-refractivity contribution in [2.45, 2.75) is 13.3 Å². The summed E-state index contributed by atoms with van der Waals surface area (Å²) in [5.74, 6) is 0. The molecule has 0 atom stereocenters. The van der Waals surface area contributed by atoms with E-state index in [1.807, 2.05) is 0 Å². The van der Waals surface area contributed by atoms with E-state index in [0.29, 0.717) is 0 Å². The summed E-state index contributed by atoms with van der Waals surface area (Å²) in [6.45, 7) is 3.49. The SMILES string of the molecule is CCC[NH+](C)C.[Br-]. The van der Waals surface area contributed by atoms with Crippen LogP contribution in [0.1, 0.15) is 13.3 Å². The van der Waals surface area contributed by atoms with Gasteiger partial charge in [0, 0.05) is 0 Å². The molecular weight excluding hydrogens is 154 g/mol. The number of halogens is 1. The first kappa shape index (κ1) is 10.4. The Bertz CT molecular complexity index is 29.3. The second-order valence-electron chi connectivity index (χ2n) is 1.96. The standard InChI is InChI=1S/C5H13N.BrH/c1-4-5-6(2)3;/h4-5H2,1-3H3;1H. The van der Waals surface area contributed by atoms with Crippen molar-refractivity contribution in [1.82, 2.24) is 0 Å². The van der Waals surface area contributed by atoms with Crippen LogP contribution in [-0.4, -0.2) is 20.6 Å². The summed E-state index contributed by atoms with van der Waals surface area (Å²) in [6, 6.07) is 0. The van der Waals surface area contributed by atoms with Gasteiger partial charge in [-0.2, -0.15) is 0 Å². The summed E-state index contributed by atoms with van der Waals surface area (Å²) >= 11 is 0. The van der Waals surface area contributed by atoms with Crippen molar-refractivity contribution >= 4 is 0 Å². The first-order valence-corrected chi connectivity index (χ1v) is 2.56. The molecule has 0 saturated heterocycles. The minimum absolute atomic E-state index is 0. The molecule has 0 aromatic carbocycles. The Morgan fingerprint density at radius 2 is 1.71 bits per heavy atom. The maximum atomic E-state index is 2.20. The van der Waals surface area contributed by atoms with Crippen molar-refractivity contribution < 1.29 is 21.9 Å². The molecule has 46 valence electrons. The van der Waals surface area contributed by atoms with Gasteiger partial charge in [0.1, 0.15) is 0 Å². The van der Waals surface area contributed by atoms with E-state index in [4.69, 9.17) is 0 Å². The number of hydrogen-bond donors (Lipinski definition) is 1. The maximum Gasteiger partial charge on any atom is 0.0764 e. The summed E-state index contributed by atoms with van der Waals surface area (Å²) in [4.78, 5) is 1.54. The van der Waals surface area contributed by atoms with Crippen molar-refractivity contribution in [3.05, 3.63) is 0 Å². The molecule has 2 heteroatoms. The summed E-state index contributed by atoms with van der Waals surface area (Å²) in [5, 5.41) is 0. The topological polar surface area (TPSA) is 4.44 Å². The second kappa shape index (κ2) is 6.44. The van der Waals surface area contributed by atoms with Crippen LogP contribution < -0.4 is 21.9 Å². The predicted molar refractivity (Wildman–Crippen MR) is 28.0 cm³/mol. The molecule has 0 aliphatic rings. The molecule has 1 N–H and O–H groups in total. The molecule has 0 unspecified atom stereocenters. The van der Waals surface area contributed by atoms with Crippen LogP contribution in [0.3, 0.4) is 0 Å². The van der Waals surface area contributed by atoms with Gasteiger partial charge in [-0.15, -0.1) is 0 Å². The second-order valence-corrected chi connectivity index (χ2v) is 1.96. The van der Waals surface area contributed by atoms with Crippen LogP contribution in [0.5, 0.6) is 0 Å². The lowest BCUT2D eigenvalue weighted by atomic mass is 10.5. The van der Waals surface area contributed by atoms with Crippen molar-refractivity contribution in [2.24, 2.45) is 0 Å². The molecule has 1 nitrogen and oxygen atoms in total. The number of rotatable bonds is 2. The van der Waals surface area contributed by atoms with Gasteiger partial charge < -0.3 is 21.9 Å². The Balaban J connectivity index is 0. The average Bonchev–Trinajstić information content (AvgIpc) is 1.35. The Morgan fingerprint density at radius 3 is 1.71 bits per heavy atom. The van der Waals surface area contributed by atoms with E-state index in [1.54, 1.807) is 0 Å². The first-order chi connectivity index (χ1) is 2.77. The fourth-order valence-electron chi connectivity index (χ4n) is 0.500. The Morgan fingerprint density at radius 1 is 1.29 bits per heavy atom. The minimum atomic E-state index is 0. The molecule has 0 amide bonds. The van der Waals surface area contributed by atoms with Crippen LogP contribution in [0.25, 0.3) is 0 Å². The molecule has 0 aliphatic heterocycles. The molecule has 0 aromatic heterocycles. The molecule has 0 fully saturated rings. The molecule has 0 saturated carbocycles. The van der Waals surface area contributed by atoms with Gasteiger partial charge in [-0.05, 0) is 6.42 Å². The molecule has 0 aliphatic carbocycles. The first-order valence-electron chi connectivity index (χ1n) is 2.56. The summed E-state index contributed by atoms with van der Waals surface area (Å²) in [6.07, 6.45) is 1.29. The minimum Gasteiger partial charge on any atom is -1.00 e. The van der Waals surface area contributed by atoms with E-state index >= 15 is 0 Å². The van der Waals surface area contributed by atoms with E-state index in [-0.39, 0.29) is 17.0 Å². The third-order valence-corrected chi connectivity index (χ3v) is 0.750. The largest absolute Gasteiger partial charge is 1.00 e. The monoisotopic (exact) mass is 167 g/mol. The number of nitrogens with one attached hydrogen (secondary N) is 1. The Hall–Kier alpha value is 0.440. The number of hydrogen-bond acceptors (Lipinski definition) is 0. The Labute approximate surface area is 56.5 Å². The van der Waals surface area contributed by atoms with Gasteiger partial charge in [0.15, 0.2) is 0 Å². The third kappa shape index (κ3) is 10.7. The quantitative estimate of drug-likeness (QED) is 0.437. The van der Waals surface area contributed by atoms with E-state index in [2.05, 4.69) is 21.0 Å². The zero-order valence-corrected chi connectivity index (χ0v) is 6.88. The van der Waals surface area contributed by atoms with E-state index in [0.717, 1.165) is 0 Å². The predicted octanol–water partition coefficient (Wildman–Crippen LogP) is -3.46. The van der Waals surface area contributed by atoms with Crippen molar-refractivity contribution in [3.63, 3.8) is 0 Å². The van der Waals surface area contributed by atoms with E-state index in [9.17, 15) is 0 Å². The van der Waals surface area contributed by atoms with Crippen molar-refractivity contribution in [3.8, 4) is 0 Å². The lowest BCUT2D eigenvalue weighted by molar-refractivity contribution is -0.858. The molecule has 0 heterocycles. The third-order valence-electron chi connectivity index (χ3n) is 0.750. The zero-order chi connectivity index (χ0) is 4.99. The van der Waals surface area contributed by atoms with Crippen LogP contribution in [0, 0.1) is 0 Å². The van der Waals surface area contributed by atoms with Crippen LogP contribution in [-0.2, 0) is 0 Å². The van der Waals surface area contributed by atoms with Gasteiger partial charge in [0.2, 0.25) is 0 Å². The summed E-state index contributed by atoms with van der Waals surface area (Å²) < 4.78 is 0.